The van der Waals surface area contributed by atoms with Crippen LogP contribution in [0.3, 0.4) is 0 Å². The third-order valence-corrected chi connectivity index (χ3v) is 4.36. The number of rotatable bonds is 4. The van der Waals surface area contributed by atoms with E-state index in [-0.39, 0.29) is 12.7 Å². The van der Waals surface area contributed by atoms with Gasteiger partial charge in [-0.25, -0.2) is 0 Å². The van der Waals surface area contributed by atoms with Crippen molar-refractivity contribution in [1.82, 2.24) is 4.57 Å². The highest BCUT2D eigenvalue weighted by Gasteiger charge is 2.23. The van der Waals surface area contributed by atoms with Gasteiger partial charge in [0.25, 0.3) is 0 Å². The summed E-state index contributed by atoms with van der Waals surface area (Å²) in [5.74, 6) is 0. The van der Waals surface area contributed by atoms with Crippen molar-refractivity contribution in [3.05, 3.63) is 52.8 Å². The normalized spacial score (nSPS) is 17.8. The molecule has 1 aromatic carbocycles. The lowest BCUT2D eigenvalue weighted by Crippen LogP contribution is -2.11. The third-order valence-electron chi connectivity index (χ3n) is 4.36. The lowest BCUT2D eigenvalue weighted by Gasteiger charge is -2.20. The largest absolute Gasteiger partial charge is 0.396 e. The van der Waals surface area contributed by atoms with Gasteiger partial charge in [-0.05, 0) is 62.8 Å². The van der Waals surface area contributed by atoms with Gasteiger partial charge in [0.2, 0.25) is 0 Å². The van der Waals surface area contributed by atoms with E-state index in [9.17, 15) is 5.11 Å². The molecule has 2 aromatic rings. The number of hydrogen-bond donors (Lipinski definition) is 2. The zero-order valence-corrected chi connectivity index (χ0v) is 12.5. The summed E-state index contributed by atoms with van der Waals surface area (Å²) < 4.78 is 2.28. The summed E-state index contributed by atoms with van der Waals surface area (Å²) in [6.07, 6.45) is 4.32. The van der Waals surface area contributed by atoms with Gasteiger partial charge in [0, 0.05) is 29.2 Å². The molecule has 1 atom stereocenters. The lowest BCUT2D eigenvalue weighted by molar-refractivity contribution is 0.156. The minimum absolute atomic E-state index is 0.231. The molecule has 1 heterocycles. The van der Waals surface area contributed by atoms with Gasteiger partial charge in [0.05, 0.1) is 6.10 Å². The Morgan fingerprint density at radius 2 is 2.14 bits per heavy atom. The summed E-state index contributed by atoms with van der Waals surface area (Å²) in [6.45, 7) is 2.33. The maximum Gasteiger partial charge on any atom is 0.0807 e. The highest BCUT2D eigenvalue weighted by molar-refractivity contribution is 5.44. The molecule has 3 heteroatoms. The van der Waals surface area contributed by atoms with Crippen LogP contribution in [0.4, 0.5) is 0 Å². The highest BCUT2D eigenvalue weighted by Crippen LogP contribution is 2.34. The first-order valence-corrected chi connectivity index (χ1v) is 7.80. The molecular formula is C18H23NO2. The number of nitrogens with zero attached hydrogens (tertiary/aromatic N) is 1. The minimum Gasteiger partial charge on any atom is -0.396 e. The first kappa shape index (κ1) is 14.4. The second kappa shape index (κ2) is 6.04. The Morgan fingerprint density at radius 3 is 2.95 bits per heavy atom. The molecule has 3 nitrogen and oxygen atoms in total. The topological polar surface area (TPSA) is 45.4 Å². The van der Waals surface area contributed by atoms with E-state index in [1.165, 1.54) is 22.6 Å². The Morgan fingerprint density at radius 1 is 1.29 bits per heavy atom. The molecule has 21 heavy (non-hydrogen) atoms. The molecule has 112 valence electrons. The molecule has 1 aromatic heterocycles. The first-order chi connectivity index (χ1) is 10.2. The van der Waals surface area contributed by atoms with E-state index >= 15 is 0 Å². The van der Waals surface area contributed by atoms with Crippen molar-refractivity contribution in [3.63, 3.8) is 0 Å². The Hall–Kier alpha value is -1.58. The molecule has 0 amide bonds. The maximum atomic E-state index is 10.2. The number of fused-ring (bicyclic) bond motifs is 1. The van der Waals surface area contributed by atoms with Gasteiger partial charge in [-0.2, -0.15) is 0 Å². The molecule has 1 aliphatic rings. The smallest absolute Gasteiger partial charge is 0.0807 e. The Labute approximate surface area is 125 Å². The molecule has 1 aliphatic carbocycles. The van der Waals surface area contributed by atoms with Gasteiger partial charge in [-0.15, -0.1) is 0 Å². The molecule has 0 saturated heterocycles. The number of aliphatic hydroxyl groups excluding tert-OH is 2. The van der Waals surface area contributed by atoms with Gasteiger partial charge in [0.15, 0.2) is 0 Å². The van der Waals surface area contributed by atoms with Crippen molar-refractivity contribution in [1.29, 1.82) is 0 Å². The number of aromatic nitrogens is 1. The summed E-state index contributed by atoms with van der Waals surface area (Å²) in [7, 11) is 0. The number of aliphatic hydroxyl groups is 2. The van der Waals surface area contributed by atoms with E-state index < -0.39 is 0 Å². The molecule has 3 rings (SSSR count). The fourth-order valence-corrected chi connectivity index (χ4v) is 3.37. The standard InChI is InChI=1S/C18H23NO2/c1-13-11-16-17(8-3-9-18(16)21)19(13)15-7-2-5-14(12-15)6-4-10-20/h2,5,7,11-12,18,20-21H,3-4,6,8-10H2,1H3. The van der Waals surface area contributed by atoms with E-state index in [1.54, 1.807) is 0 Å². The predicted octanol–water partition coefficient (Wildman–Crippen LogP) is 3.08. The minimum atomic E-state index is -0.314. The number of benzene rings is 1. The Balaban J connectivity index is 2.01. The molecule has 0 radical (unpaired) electrons. The SMILES string of the molecule is Cc1cc2c(n1-c1cccc(CCCO)c1)CCCC2O. The summed E-state index contributed by atoms with van der Waals surface area (Å²) in [5.41, 5.74) is 5.95. The predicted molar refractivity (Wildman–Crippen MR) is 83.8 cm³/mol. The van der Waals surface area contributed by atoms with E-state index in [2.05, 4.69) is 41.8 Å². The molecule has 0 aliphatic heterocycles. The van der Waals surface area contributed by atoms with E-state index in [1.807, 2.05) is 0 Å². The summed E-state index contributed by atoms with van der Waals surface area (Å²) in [6, 6.07) is 10.6. The fourth-order valence-electron chi connectivity index (χ4n) is 3.37. The monoisotopic (exact) mass is 285 g/mol. The van der Waals surface area contributed by atoms with Crippen LogP contribution in [-0.4, -0.2) is 21.4 Å². The second-order valence-corrected chi connectivity index (χ2v) is 5.93. The molecule has 0 saturated carbocycles. The quantitative estimate of drug-likeness (QED) is 0.906. The van der Waals surface area contributed by atoms with Crippen LogP contribution in [0, 0.1) is 6.92 Å². The first-order valence-electron chi connectivity index (χ1n) is 7.80. The zero-order valence-electron chi connectivity index (χ0n) is 12.5. The molecule has 0 spiro atoms. The summed E-state index contributed by atoms with van der Waals surface area (Å²) in [5, 5.41) is 19.2. The maximum absolute atomic E-state index is 10.2. The van der Waals surface area contributed by atoms with Crippen LogP contribution in [0.1, 0.15) is 47.9 Å². The van der Waals surface area contributed by atoms with Gasteiger partial charge in [-0.3, -0.25) is 0 Å². The third kappa shape index (κ3) is 2.76. The Bertz CT molecular complexity index is 630. The average molecular weight is 285 g/mol. The van der Waals surface area contributed by atoms with Crippen molar-refractivity contribution in [2.24, 2.45) is 0 Å². The van der Waals surface area contributed by atoms with E-state index in [4.69, 9.17) is 5.11 Å². The van der Waals surface area contributed by atoms with Crippen molar-refractivity contribution in [2.45, 2.75) is 45.1 Å². The van der Waals surface area contributed by atoms with Crippen LogP contribution in [0.5, 0.6) is 0 Å². The van der Waals surface area contributed by atoms with Gasteiger partial charge in [0.1, 0.15) is 0 Å². The second-order valence-electron chi connectivity index (χ2n) is 5.93. The van der Waals surface area contributed by atoms with Crippen molar-refractivity contribution < 1.29 is 10.2 Å². The average Bonchev–Trinajstić information content (AvgIpc) is 2.83. The fraction of sp³-hybridized carbons (Fsp3) is 0.444. The molecular weight excluding hydrogens is 262 g/mol. The van der Waals surface area contributed by atoms with E-state index in [0.29, 0.717) is 0 Å². The van der Waals surface area contributed by atoms with E-state index in [0.717, 1.165) is 37.7 Å². The Kier molecular flexibility index (Phi) is 4.13. The molecule has 1 unspecified atom stereocenters. The van der Waals surface area contributed by atoms with Crippen LogP contribution < -0.4 is 0 Å². The van der Waals surface area contributed by atoms with Crippen molar-refractivity contribution in [3.8, 4) is 5.69 Å². The lowest BCUT2D eigenvalue weighted by atomic mass is 9.95. The van der Waals surface area contributed by atoms with Gasteiger partial charge >= 0.3 is 0 Å². The summed E-state index contributed by atoms with van der Waals surface area (Å²) in [4.78, 5) is 0. The van der Waals surface area contributed by atoms with Crippen LogP contribution in [0.15, 0.2) is 30.3 Å². The van der Waals surface area contributed by atoms with Crippen LogP contribution in [0.25, 0.3) is 5.69 Å². The molecule has 0 fully saturated rings. The van der Waals surface area contributed by atoms with Crippen molar-refractivity contribution >= 4 is 0 Å². The van der Waals surface area contributed by atoms with Gasteiger partial charge in [-0.1, -0.05) is 12.1 Å². The van der Waals surface area contributed by atoms with Crippen molar-refractivity contribution in [2.75, 3.05) is 6.61 Å². The zero-order chi connectivity index (χ0) is 14.8. The highest BCUT2D eigenvalue weighted by atomic mass is 16.3. The van der Waals surface area contributed by atoms with Gasteiger partial charge < -0.3 is 14.8 Å². The number of aryl methyl sites for hydroxylation is 2. The van der Waals surface area contributed by atoms with Crippen LogP contribution in [0.2, 0.25) is 0 Å². The van der Waals surface area contributed by atoms with Crippen LogP contribution >= 0.6 is 0 Å². The molecule has 2 N–H and O–H groups in total. The summed E-state index contributed by atoms with van der Waals surface area (Å²) >= 11 is 0. The van der Waals surface area contributed by atoms with Crippen LogP contribution in [-0.2, 0) is 12.8 Å². The molecule has 0 bridgehead atoms. The number of hydrogen-bond acceptors (Lipinski definition) is 2.